The standard InChI is InChI=1S/C17H14F3NO3S/c18-17(19,20)8-12(16(23)24)21-15(22)13-7-10-6-5-9-3-1-2-4-11(9)14(10)25-13/h1-4,7,12H,5-6,8H2,(H,21,22)(H,23,24). The molecule has 2 aromatic rings. The lowest BCUT2D eigenvalue weighted by Crippen LogP contribution is -2.43. The van der Waals surface area contributed by atoms with Crippen molar-refractivity contribution in [1.82, 2.24) is 5.32 Å². The number of alkyl halides is 3. The first-order valence-corrected chi connectivity index (χ1v) is 8.37. The number of halogens is 3. The number of fused-ring (bicyclic) bond motifs is 3. The summed E-state index contributed by atoms with van der Waals surface area (Å²) in [5.41, 5.74) is 3.12. The molecule has 0 saturated carbocycles. The van der Waals surface area contributed by atoms with E-state index in [4.69, 9.17) is 5.11 Å². The maximum atomic E-state index is 12.5. The van der Waals surface area contributed by atoms with Gasteiger partial charge in [0.05, 0.1) is 11.3 Å². The van der Waals surface area contributed by atoms with E-state index in [0.29, 0.717) is 0 Å². The van der Waals surface area contributed by atoms with Crippen molar-refractivity contribution < 1.29 is 27.9 Å². The van der Waals surface area contributed by atoms with Gasteiger partial charge in [-0.25, -0.2) is 4.79 Å². The summed E-state index contributed by atoms with van der Waals surface area (Å²) in [5, 5.41) is 10.9. The van der Waals surface area contributed by atoms with Crippen LogP contribution in [0, 0.1) is 0 Å². The molecule has 0 bridgehead atoms. The lowest BCUT2D eigenvalue weighted by atomic mass is 9.91. The van der Waals surface area contributed by atoms with Gasteiger partial charge in [-0.05, 0) is 35.6 Å². The second kappa shape index (κ2) is 6.51. The molecule has 1 aromatic carbocycles. The van der Waals surface area contributed by atoms with Crippen molar-refractivity contribution in [3.05, 3.63) is 46.3 Å². The van der Waals surface area contributed by atoms with Gasteiger partial charge in [0, 0.05) is 4.88 Å². The topological polar surface area (TPSA) is 66.4 Å². The van der Waals surface area contributed by atoms with E-state index in [9.17, 15) is 22.8 Å². The molecule has 1 aliphatic rings. The van der Waals surface area contributed by atoms with Gasteiger partial charge in [0.1, 0.15) is 6.04 Å². The number of benzene rings is 1. The molecule has 8 heteroatoms. The second-order valence-corrected chi connectivity index (χ2v) is 6.86. The first kappa shape index (κ1) is 17.5. The van der Waals surface area contributed by atoms with Crippen LogP contribution in [0.3, 0.4) is 0 Å². The Morgan fingerprint density at radius 3 is 2.56 bits per heavy atom. The van der Waals surface area contributed by atoms with Gasteiger partial charge in [-0.3, -0.25) is 4.79 Å². The molecule has 132 valence electrons. The quantitative estimate of drug-likeness (QED) is 0.865. The normalized spacial score (nSPS) is 14.4. The minimum absolute atomic E-state index is 0.218. The molecule has 4 nitrogen and oxygen atoms in total. The van der Waals surface area contributed by atoms with Crippen molar-refractivity contribution in [1.29, 1.82) is 0 Å². The zero-order valence-electron chi connectivity index (χ0n) is 12.9. The van der Waals surface area contributed by atoms with E-state index in [1.54, 1.807) is 6.07 Å². The van der Waals surface area contributed by atoms with E-state index in [-0.39, 0.29) is 4.88 Å². The van der Waals surface area contributed by atoms with E-state index in [2.05, 4.69) is 0 Å². The highest BCUT2D eigenvalue weighted by Gasteiger charge is 2.36. The van der Waals surface area contributed by atoms with E-state index < -0.39 is 30.5 Å². The van der Waals surface area contributed by atoms with Crippen LogP contribution in [0.15, 0.2) is 30.3 Å². The third-order valence-electron chi connectivity index (χ3n) is 4.00. The largest absolute Gasteiger partial charge is 0.480 e. The number of carboxylic acids is 1. The Labute approximate surface area is 145 Å². The number of aliphatic carboxylic acids is 1. The van der Waals surface area contributed by atoms with Crippen LogP contribution < -0.4 is 5.32 Å². The summed E-state index contributed by atoms with van der Waals surface area (Å²) in [6.45, 7) is 0. The van der Waals surface area contributed by atoms with Crippen molar-refractivity contribution in [3.63, 3.8) is 0 Å². The zero-order chi connectivity index (χ0) is 18.2. The molecule has 25 heavy (non-hydrogen) atoms. The fourth-order valence-electron chi connectivity index (χ4n) is 2.84. The van der Waals surface area contributed by atoms with Gasteiger partial charge in [0.25, 0.3) is 5.91 Å². The van der Waals surface area contributed by atoms with Crippen molar-refractivity contribution in [2.75, 3.05) is 0 Å². The Hall–Kier alpha value is -2.35. The fourth-order valence-corrected chi connectivity index (χ4v) is 4.02. The minimum atomic E-state index is -4.68. The van der Waals surface area contributed by atoms with Gasteiger partial charge in [0.15, 0.2) is 0 Å². The van der Waals surface area contributed by atoms with Crippen LogP contribution in [-0.2, 0) is 17.6 Å². The highest BCUT2D eigenvalue weighted by molar-refractivity contribution is 7.17. The monoisotopic (exact) mass is 369 g/mol. The van der Waals surface area contributed by atoms with Gasteiger partial charge in [-0.15, -0.1) is 11.3 Å². The van der Waals surface area contributed by atoms with Crippen molar-refractivity contribution >= 4 is 23.2 Å². The van der Waals surface area contributed by atoms with Crippen LogP contribution in [0.1, 0.15) is 27.2 Å². The van der Waals surface area contributed by atoms with E-state index in [1.807, 2.05) is 29.6 Å². The molecule has 0 aliphatic heterocycles. The molecule has 0 fully saturated rings. The van der Waals surface area contributed by atoms with Gasteiger partial charge >= 0.3 is 12.1 Å². The molecule has 1 unspecified atom stereocenters. The molecule has 3 rings (SSSR count). The summed E-state index contributed by atoms with van der Waals surface area (Å²) >= 11 is 1.17. The van der Waals surface area contributed by atoms with Crippen LogP contribution in [0.2, 0.25) is 0 Å². The number of aryl methyl sites for hydroxylation is 2. The fraction of sp³-hybridized carbons (Fsp3) is 0.294. The Morgan fingerprint density at radius 1 is 1.20 bits per heavy atom. The van der Waals surface area contributed by atoms with Crippen molar-refractivity contribution in [2.24, 2.45) is 0 Å². The Balaban J connectivity index is 1.83. The molecule has 2 N–H and O–H groups in total. The third kappa shape index (κ3) is 3.84. The van der Waals surface area contributed by atoms with Crippen LogP contribution in [0.4, 0.5) is 13.2 Å². The van der Waals surface area contributed by atoms with Crippen molar-refractivity contribution in [2.45, 2.75) is 31.5 Å². The summed E-state index contributed by atoms with van der Waals surface area (Å²) in [6.07, 6.45) is -4.72. The molecular formula is C17H14F3NO3S. The van der Waals surface area contributed by atoms with Gasteiger partial charge in [-0.2, -0.15) is 13.2 Å². The lowest BCUT2D eigenvalue weighted by Gasteiger charge is -2.15. The number of hydrogen-bond donors (Lipinski definition) is 2. The van der Waals surface area contributed by atoms with Crippen LogP contribution in [0.25, 0.3) is 10.4 Å². The summed E-state index contributed by atoms with van der Waals surface area (Å²) in [7, 11) is 0. The smallest absolute Gasteiger partial charge is 0.391 e. The maximum Gasteiger partial charge on any atom is 0.391 e. The minimum Gasteiger partial charge on any atom is -0.480 e. The third-order valence-corrected chi connectivity index (χ3v) is 5.21. The molecule has 0 saturated heterocycles. The van der Waals surface area contributed by atoms with Crippen LogP contribution in [0.5, 0.6) is 0 Å². The number of hydrogen-bond acceptors (Lipinski definition) is 3. The molecule has 0 radical (unpaired) electrons. The number of thiophene rings is 1. The highest BCUT2D eigenvalue weighted by Crippen LogP contribution is 2.39. The number of carbonyl (C=O) groups excluding carboxylic acids is 1. The van der Waals surface area contributed by atoms with E-state index in [0.717, 1.165) is 34.4 Å². The summed E-state index contributed by atoms with van der Waals surface area (Å²) < 4.78 is 37.4. The van der Waals surface area contributed by atoms with E-state index in [1.165, 1.54) is 11.3 Å². The molecule has 1 heterocycles. The second-order valence-electron chi connectivity index (χ2n) is 5.81. The number of carboxylic acid groups (broad SMARTS) is 1. The van der Waals surface area contributed by atoms with Crippen LogP contribution in [-0.4, -0.2) is 29.2 Å². The Bertz CT molecular complexity index is 829. The average molecular weight is 369 g/mol. The molecule has 1 amide bonds. The average Bonchev–Trinajstić information content (AvgIpc) is 2.97. The van der Waals surface area contributed by atoms with Crippen LogP contribution >= 0.6 is 11.3 Å². The maximum absolute atomic E-state index is 12.5. The van der Waals surface area contributed by atoms with Gasteiger partial charge in [-0.1, -0.05) is 24.3 Å². The molecule has 0 spiro atoms. The SMILES string of the molecule is O=C(NC(CC(F)(F)F)C(=O)O)c1cc2c(s1)-c1ccccc1CC2. The number of carbonyl (C=O) groups is 2. The van der Waals surface area contributed by atoms with Gasteiger partial charge < -0.3 is 10.4 Å². The molecule has 1 aromatic heterocycles. The Kier molecular flexibility index (Phi) is 4.55. The predicted octanol–water partition coefficient (Wildman–Crippen LogP) is 3.65. The molecule has 1 aliphatic carbocycles. The molecule has 1 atom stereocenters. The first-order chi connectivity index (χ1) is 11.7. The summed E-state index contributed by atoms with van der Waals surface area (Å²) in [5.74, 6) is -2.51. The Morgan fingerprint density at radius 2 is 1.88 bits per heavy atom. The number of amides is 1. The van der Waals surface area contributed by atoms with Crippen molar-refractivity contribution in [3.8, 4) is 10.4 Å². The summed E-state index contributed by atoms with van der Waals surface area (Å²) in [6, 6.07) is 7.39. The zero-order valence-corrected chi connectivity index (χ0v) is 13.7. The van der Waals surface area contributed by atoms with Gasteiger partial charge in [0.2, 0.25) is 0 Å². The molecular weight excluding hydrogens is 355 g/mol. The highest BCUT2D eigenvalue weighted by atomic mass is 32.1. The predicted molar refractivity (Wildman–Crippen MR) is 86.7 cm³/mol. The van der Waals surface area contributed by atoms with E-state index >= 15 is 0 Å². The number of nitrogens with one attached hydrogen (secondary N) is 1. The first-order valence-electron chi connectivity index (χ1n) is 7.56. The lowest BCUT2D eigenvalue weighted by molar-refractivity contribution is -0.157. The number of rotatable bonds is 4. The summed E-state index contributed by atoms with van der Waals surface area (Å²) in [4.78, 5) is 24.4.